The van der Waals surface area contributed by atoms with Gasteiger partial charge in [0.05, 0.1) is 0 Å². The van der Waals surface area contributed by atoms with Crippen LogP contribution in [0.2, 0.25) is 0 Å². The Balaban J connectivity index is 0.000000368. The van der Waals surface area contributed by atoms with Crippen LogP contribution in [0.15, 0.2) is 36.4 Å². The highest BCUT2D eigenvalue weighted by molar-refractivity contribution is 7.79. The molecule has 0 spiro atoms. The lowest BCUT2D eigenvalue weighted by Crippen LogP contribution is -1.91. The maximum atomic E-state index is 8.52. The fraction of sp³-hybridized carbons (Fsp3) is 0.143. The van der Waals surface area contributed by atoms with E-state index in [4.69, 9.17) is 39.8 Å². The van der Waals surface area contributed by atoms with Crippen molar-refractivity contribution in [2.45, 2.75) is 13.8 Å². The van der Waals surface area contributed by atoms with Gasteiger partial charge in [-0.1, -0.05) is 24.3 Å². The fourth-order valence-corrected chi connectivity index (χ4v) is 1.64. The van der Waals surface area contributed by atoms with E-state index in [-0.39, 0.29) is 0 Å². The first-order valence-corrected chi connectivity index (χ1v) is 7.91. The van der Waals surface area contributed by atoms with Gasteiger partial charge >= 0.3 is 11.4 Å². The zero-order valence-electron chi connectivity index (χ0n) is 13.4. The van der Waals surface area contributed by atoms with E-state index < -0.39 is 10.4 Å². The zero-order chi connectivity index (χ0) is 19.6. The number of aryl methyl sites for hydroxylation is 2. The van der Waals surface area contributed by atoms with Gasteiger partial charge in [-0.3, -0.25) is 8.42 Å². The molecule has 2 rings (SSSR count). The first-order valence-electron chi connectivity index (χ1n) is 6.58. The molecule has 0 unspecified atom stereocenters. The van der Waals surface area contributed by atoms with Crippen LogP contribution in [0.3, 0.4) is 0 Å². The van der Waals surface area contributed by atoms with Crippen molar-refractivity contribution < 1.29 is 17.5 Å². The number of anilines is 2. The van der Waals surface area contributed by atoms with Gasteiger partial charge in [-0.05, 0) is 26.0 Å². The van der Waals surface area contributed by atoms with Crippen molar-refractivity contribution in [1.82, 2.24) is 0 Å². The molecule has 0 aliphatic rings. The predicted octanol–water partition coefficient (Wildman–Crippen LogP) is 2.79. The molecule has 2 aromatic carbocycles. The molecule has 10 nitrogen and oxygen atoms in total. The van der Waals surface area contributed by atoms with Crippen molar-refractivity contribution in [3.05, 3.63) is 57.5 Å². The SMILES string of the molecule is Cc1cccc(N)c1[N+]#N.Cc1cccc(N)c1[N+]#N.O=S(=O)([O-])[O-]. The highest BCUT2D eigenvalue weighted by Gasteiger charge is 2.13. The van der Waals surface area contributed by atoms with E-state index in [1.54, 1.807) is 12.1 Å². The number of nitrogen functional groups attached to an aromatic ring is 2. The molecule has 0 bridgehead atoms. The van der Waals surface area contributed by atoms with Crippen LogP contribution in [-0.2, 0) is 10.4 Å². The summed E-state index contributed by atoms with van der Waals surface area (Å²) in [5.74, 6) is 0. The number of rotatable bonds is 0. The number of nitrogens with zero attached hydrogens (tertiary/aromatic N) is 4. The first-order chi connectivity index (χ1) is 11.5. The van der Waals surface area contributed by atoms with Crippen LogP contribution in [0, 0.1) is 24.6 Å². The topological polar surface area (TPSA) is 189 Å². The number of hydrogen-bond donors (Lipinski definition) is 2. The highest BCUT2D eigenvalue weighted by Crippen LogP contribution is 2.25. The normalized spacial score (nSPS) is 9.36. The van der Waals surface area contributed by atoms with Gasteiger partial charge in [0.15, 0.2) is 9.95 Å². The molecule has 2 aromatic rings. The van der Waals surface area contributed by atoms with Gasteiger partial charge in [-0.25, -0.2) is 0 Å². The molecule has 0 saturated carbocycles. The van der Waals surface area contributed by atoms with E-state index >= 15 is 0 Å². The molecular formula is C14H16N6O4S. The minimum atomic E-state index is -5.17. The molecule has 11 heteroatoms. The smallest absolute Gasteiger partial charge is 0.410 e. The predicted molar refractivity (Wildman–Crippen MR) is 91.1 cm³/mol. The largest absolute Gasteiger partial charge is 0.759 e. The molecule has 0 aliphatic heterocycles. The van der Waals surface area contributed by atoms with Crippen molar-refractivity contribution >= 4 is 33.1 Å². The number of benzene rings is 2. The summed E-state index contributed by atoms with van der Waals surface area (Å²) in [6.07, 6.45) is 0. The average Bonchev–Trinajstić information content (AvgIpc) is 2.47. The number of nitrogens with two attached hydrogens (primary N) is 2. The lowest BCUT2D eigenvalue weighted by atomic mass is 10.2. The number of hydrogen-bond acceptors (Lipinski definition) is 8. The third kappa shape index (κ3) is 8.83. The Hall–Kier alpha value is -3.25. The molecule has 4 N–H and O–H groups in total. The van der Waals surface area contributed by atoms with Crippen LogP contribution in [-0.4, -0.2) is 17.5 Å². The Morgan fingerprint density at radius 1 is 0.840 bits per heavy atom. The summed E-state index contributed by atoms with van der Waals surface area (Å²) in [7, 11) is -5.17. The first kappa shape index (κ1) is 21.8. The summed E-state index contributed by atoms with van der Waals surface area (Å²) >= 11 is 0. The zero-order valence-corrected chi connectivity index (χ0v) is 14.3. The minimum absolute atomic E-state index is 0.461. The molecule has 0 saturated heterocycles. The third-order valence-electron chi connectivity index (χ3n) is 2.74. The molecule has 0 radical (unpaired) electrons. The summed E-state index contributed by atoms with van der Waals surface area (Å²) in [5.41, 5.74) is 14.6. The van der Waals surface area contributed by atoms with Crippen LogP contribution in [0.5, 0.6) is 0 Å². The Kier molecular flexibility index (Phi) is 8.52. The van der Waals surface area contributed by atoms with E-state index in [1.165, 1.54) is 0 Å². The summed E-state index contributed by atoms with van der Waals surface area (Å²) in [6.45, 7) is 3.68. The van der Waals surface area contributed by atoms with Gasteiger partial charge in [0.1, 0.15) is 11.4 Å². The van der Waals surface area contributed by atoms with Crippen LogP contribution in [0.4, 0.5) is 22.7 Å². The van der Waals surface area contributed by atoms with Crippen molar-refractivity contribution in [2.75, 3.05) is 11.5 Å². The Bertz CT molecular complexity index is 806. The second kappa shape index (κ2) is 9.79. The van der Waals surface area contributed by atoms with E-state index in [9.17, 15) is 0 Å². The highest BCUT2D eigenvalue weighted by atomic mass is 32.3. The van der Waals surface area contributed by atoms with Crippen molar-refractivity contribution in [3.8, 4) is 0 Å². The fourth-order valence-electron chi connectivity index (χ4n) is 1.64. The van der Waals surface area contributed by atoms with Gasteiger partial charge < -0.3 is 20.6 Å². The Morgan fingerprint density at radius 3 is 1.28 bits per heavy atom. The molecule has 0 amide bonds. The molecule has 0 aliphatic carbocycles. The Labute approximate surface area is 144 Å². The minimum Gasteiger partial charge on any atom is -0.759 e. The third-order valence-corrected chi connectivity index (χ3v) is 2.74. The Morgan fingerprint density at radius 2 is 1.12 bits per heavy atom. The van der Waals surface area contributed by atoms with Gasteiger partial charge in [-0.2, -0.15) is 0 Å². The molecule has 0 aromatic heterocycles. The maximum absolute atomic E-state index is 8.52. The molecule has 25 heavy (non-hydrogen) atoms. The van der Waals surface area contributed by atoms with Gasteiger partial charge in [-0.15, -0.1) is 0 Å². The molecular weight excluding hydrogens is 348 g/mol. The number of diazo groups is 2. The summed E-state index contributed by atoms with van der Waals surface area (Å²) in [5, 5.41) is 16.9. The monoisotopic (exact) mass is 364 g/mol. The van der Waals surface area contributed by atoms with E-state index in [0.717, 1.165) is 11.1 Å². The van der Waals surface area contributed by atoms with Crippen LogP contribution >= 0.6 is 0 Å². The lowest BCUT2D eigenvalue weighted by Gasteiger charge is -2.06. The van der Waals surface area contributed by atoms with Crippen LogP contribution in [0.1, 0.15) is 11.1 Å². The van der Waals surface area contributed by atoms with Gasteiger partial charge in [0, 0.05) is 21.5 Å². The van der Waals surface area contributed by atoms with E-state index in [0.29, 0.717) is 22.7 Å². The van der Waals surface area contributed by atoms with Gasteiger partial charge in [0.25, 0.3) is 0 Å². The van der Waals surface area contributed by atoms with Crippen LogP contribution in [0.25, 0.3) is 9.95 Å². The quantitative estimate of drug-likeness (QED) is 0.308. The molecule has 0 atom stereocenters. The average molecular weight is 364 g/mol. The lowest BCUT2D eigenvalue weighted by molar-refractivity contribution is 0.352. The van der Waals surface area contributed by atoms with Crippen molar-refractivity contribution in [2.24, 2.45) is 0 Å². The standard InChI is InChI=1S/2C7H8N3.H2O4S/c2*1-5-3-2-4-6(8)7(5)10-9;1-5(2,3)4/h2*2-4H,8H2,1H3;(H2,1,2,3,4)/q2*+1;/p-2. The van der Waals surface area contributed by atoms with Gasteiger partial charge in [0.2, 0.25) is 10.8 Å². The second-order valence-electron chi connectivity index (χ2n) is 4.63. The molecule has 132 valence electrons. The van der Waals surface area contributed by atoms with Crippen molar-refractivity contribution in [3.63, 3.8) is 0 Å². The van der Waals surface area contributed by atoms with Crippen LogP contribution < -0.4 is 11.5 Å². The maximum Gasteiger partial charge on any atom is 0.410 e. The van der Waals surface area contributed by atoms with E-state index in [2.05, 4.69) is 9.95 Å². The second-order valence-corrected chi connectivity index (χ2v) is 5.45. The van der Waals surface area contributed by atoms with Crippen molar-refractivity contribution in [1.29, 1.82) is 10.8 Å². The summed E-state index contributed by atoms with van der Waals surface area (Å²) in [6, 6.07) is 10.7. The summed E-state index contributed by atoms with van der Waals surface area (Å²) < 4.78 is 34.1. The van der Waals surface area contributed by atoms with E-state index in [1.807, 2.05) is 38.1 Å². The molecule has 0 heterocycles. The molecule has 0 fully saturated rings. The summed E-state index contributed by atoms with van der Waals surface area (Å²) in [4.78, 5) is 6.09.